The first kappa shape index (κ1) is 14.2. The average Bonchev–Trinajstić information content (AvgIpc) is 2.42. The van der Waals surface area contributed by atoms with Gasteiger partial charge < -0.3 is 4.74 Å². The zero-order valence-corrected chi connectivity index (χ0v) is 11.8. The monoisotopic (exact) mass is 280 g/mol. The minimum Gasteiger partial charge on any atom is -0.487 e. The first-order chi connectivity index (χ1) is 9.19. The molecule has 0 radical (unpaired) electrons. The number of rotatable bonds is 2. The summed E-state index contributed by atoms with van der Waals surface area (Å²) in [5.74, 6) is 6.65. The predicted molar refractivity (Wildman–Crippen MR) is 76.0 cm³/mol. The molecule has 1 aliphatic rings. The molecule has 0 amide bonds. The van der Waals surface area contributed by atoms with Crippen molar-refractivity contribution in [1.82, 2.24) is 0 Å². The zero-order chi connectivity index (χ0) is 13.7. The van der Waals surface area contributed by atoms with E-state index in [9.17, 15) is 4.39 Å². The van der Waals surface area contributed by atoms with Crippen LogP contribution in [0.3, 0.4) is 0 Å². The van der Waals surface area contributed by atoms with Crippen molar-refractivity contribution in [2.75, 3.05) is 5.88 Å². The molecule has 0 aromatic heterocycles. The van der Waals surface area contributed by atoms with Gasteiger partial charge in [-0.2, -0.15) is 0 Å². The van der Waals surface area contributed by atoms with E-state index in [1.807, 2.05) is 0 Å². The number of ether oxygens (including phenoxy) is 1. The highest BCUT2D eigenvalue weighted by molar-refractivity contribution is 6.19. The van der Waals surface area contributed by atoms with Gasteiger partial charge in [-0.05, 0) is 49.8 Å². The Morgan fingerprint density at radius 1 is 1.32 bits per heavy atom. The predicted octanol–water partition coefficient (Wildman–Crippen LogP) is 4.37. The minimum absolute atomic E-state index is 0.127. The van der Waals surface area contributed by atoms with Crippen LogP contribution in [-0.4, -0.2) is 12.0 Å². The quantitative estimate of drug-likeness (QED) is 0.577. The van der Waals surface area contributed by atoms with Crippen molar-refractivity contribution >= 4 is 11.6 Å². The lowest BCUT2D eigenvalue weighted by Gasteiger charge is -2.27. The second-order valence-corrected chi connectivity index (χ2v) is 5.35. The van der Waals surface area contributed by atoms with E-state index in [1.54, 1.807) is 12.1 Å². The van der Waals surface area contributed by atoms with Crippen LogP contribution < -0.4 is 4.74 Å². The molecule has 0 heterocycles. The molecule has 0 saturated heterocycles. The molecule has 1 saturated carbocycles. The van der Waals surface area contributed by atoms with E-state index >= 15 is 0 Å². The summed E-state index contributed by atoms with van der Waals surface area (Å²) in [5, 5.41) is 0. The van der Waals surface area contributed by atoms with Gasteiger partial charge in [0.25, 0.3) is 0 Å². The lowest BCUT2D eigenvalue weighted by atomic mass is 9.89. The van der Waals surface area contributed by atoms with Crippen LogP contribution in [0.2, 0.25) is 0 Å². The number of alkyl halides is 1. The van der Waals surface area contributed by atoms with Crippen molar-refractivity contribution in [3.8, 4) is 17.6 Å². The van der Waals surface area contributed by atoms with Gasteiger partial charge >= 0.3 is 0 Å². The summed E-state index contributed by atoms with van der Waals surface area (Å²) < 4.78 is 19.5. The first-order valence-electron chi connectivity index (χ1n) is 6.70. The van der Waals surface area contributed by atoms with Gasteiger partial charge in [0.1, 0.15) is 0 Å². The summed E-state index contributed by atoms with van der Waals surface area (Å²) in [6.45, 7) is 2.25. The third kappa shape index (κ3) is 4.14. The molecule has 1 nitrogen and oxygen atoms in total. The van der Waals surface area contributed by atoms with E-state index < -0.39 is 0 Å². The molecule has 0 spiro atoms. The van der Waals surface area contributed by atoms with Crippen molar-refractivity contribution in [1.29, 1.82) is 0 Å². The second kappa shape index (κ2) is 6.82. The van der Waals surface area contributed by atoms with Crippen LogP contribution in [0.4, 0.5) is 4.39 Å². The maximum absolute atomic E-state index is 13.7. The van der Waals surface area contributed by atoms with E-state index in [4.69, 9.17) is 16.3 Å². The Labute approximate surface area is 119 Å². The number of hydrogen-bond donors (Lipinski definition) is 0. The summed E-state index contributed by atoms with van der Waals surface area (Å²) >= 11 is 5.51. The Morgan fingerprint density at radius 3 is 2.74 bits per heavy atom. The van der Waals surface area contributed by atoms with Crippen LogP contribution in [0.5, 0.6) is 5.75 Å². The molecular formula is C16H18ClFO. The molecule has 1 fully saturated rings. The maximum Gasteiger partial charge on any atom is 0.165 e. The van der Waals surface area contributed by atoms with E-state index in [0.29, 0.717) is 5.75 Å². The lowest BCUT2D eigenvalue weighted by Crippen LogP contribution is -2.23. The first-order valence-corrected chi connectivity index (χ1v) is 7.23. The van der Waals surface area contributed by atoms with E-state index in [1.165, 1.54) is 6.07 Å². The summed E-state index contributed by atoms with van der Waals surface area (Å²) in [6.07, 6.45) is 4.42. The van der Waals surface area contributed by atoms with Crippen LogP contribution in [0.15, 0.2) is 18.2 Å². The second-order valence-electron chi connectivity index (χ2n) is 5.08. The van der Waals surface area contributed by atoms with E-state index in [-0.39, 0.29) is 17.8 Å². The van der Waals surface area contributed by atoms with Crippen LogP contribution in [0.1, 0.15) is 38.2 Å². The molecule has 1 aromatic carbocycles. The number of hydrogen-bond acceptors (Lipinski definition) is 1. The SMILES string of the molecule is CC1CCC(Oc2cc(C#CCCl)ccc2F)CC1. The molecular weight excluding hydrogens is 263 g/mol. The highest BCUT2D eigenvalue weighted by Crippen LogP contribution is 2.28. The highest BCUT2D eigenvalue weighted by Gasteiger charge is 2.20. The van der Waals surface area contributed by atoms with Gasteiger partial charge in [0.2, 0.25) is 0 Å². The fourth-order valence-corrected chi connectivity index (χ4v) is 2.40. The summed E-state index contributed by atoms with van der Waals surface area (Å²) in [5.41, 5.74) is 0.737. The third-order valence-corrected chi connectivity index (χ3v) is 3.62. The fraction of sp³-hybridized carbons (Fsp3) is 0.500. The molecule has 0 bridgehead atoms. The molecule has 0 N–H and O–H groups in total. The van der Waals surface area contributed by atoms with E-state index in [2.05, 4.69) is 18.8 Å². The number of benzene rings is 1. The van der Waals surface area contributed by atoms with Gasteiger partial charge in [0.05, 0.1) is 12.0 Å². The van der Waals surface area contributed by atoms with Crippen molar-refractivity contribution < 1.29 is 9.13 Å². The average molecular weight is 281 g/mol. The molecule has 1 aromatic rings. The molecule has 0 atom stereocenters. The van der Waals surface area contributed by atoms with E-state index in [0.717, 1.165) is 37.2 Å². The zero-order valence-electron chi connectivity index (χ0n) is 11.1. The Kier molecular flexibility index (Phi) is 5.10. The molecule has 102 valence electrons. The Hall–Kier alpha value is -1.20. The summed E-state index contributed by atoms with van der Waals surface area (Å²) in [7, 11) is 0. The number of halogens is 2. The standard InChI is InChI=1S/C16H18ClFO/c1-12-4-7-14(8-5-12)19-16-11-13(3-2-10-17)6-9-15(16)18/h6,9,11-12,14H,4-5,7-8,10H2,1H3. The molecule has 19 heavy (non-hydrogen) atoms. The van der Waals surface area contributed by atoms with Crippen LogP contribution >= 0.6 is 11.6 Å². The smallest absolute Gasteiger partial charge is 0.165 e. The minimum atomic E-state index is -0.324. The van der Waals surface area contributed by atoms with Gasteiger partial charge in [-0.3, -0.25) is 0 Å². The van der Waals surface area contributed by atoms with Crippen molar-refractivity contribution in [3.05, 3.63) is 29.6 Å². The van der Waals surface area contributed by atoms with Crippen molar-refractivity contribution in [3.63, 3.8) is 0 Å². The Balaban J connectivity index is 2.06. The van der Waals surface area contributed by atoms with Gasteiger partial charge in [-0.25, -0.2) is 4.39 Å². The van der Waals surface area contributed by atoms with Crippen LogP contribution in [0.25, 0.3) is 0 Å². The largest absolute Gasteiger partial charge is 0.487 e. The highest BCUT2D eigenvalue weighted by atomic mass is 35.5. The topological polar surface area (TPSA) is 9.23 Å². The fourth-order valence-electron chi connectivity index (χ4n) is 2.33. The Bertz CT molecular complexity index is 481. The normalized spacial score (nSPS) is 22.5. The molecule has 2 rings (SSSR count). The van der Waals surface area contributed by atoms with Crippen molar-refractivity contribution in [2.45, 2.75) is 38.7 Å². The third-order valence-electron chi connectivity index (χ3n) is 3.49. The Morgan fingerprint density at radius 2 is 2.05 bits per heavy atom. The summed E-state index contributed by atoms with van der Waals surface area (Å²) in [6, 6.07) is 4.70. The van der Waals surface area contributed by atoms with Gasteiger partial charge in [-0.15, -0.1) is 11.6 Å². The molecule has 1 aliphatic carbocycles. The van der Waals surface area contributed by atoms with Gasteiger partial charge in [0.15, 0.2) is 11.6 Å². The van der Waals surface area contributed by atoms with Gasteiger partial charge in [-0.1, -0.05) is 18.8 Å². The van der Waals surface area contributed by atoms with Crippen LogP contribution in [-0.2, 0) is 0 Å². The molecule has 0 aliphatic heterocycles. The van der Waals surface area contributed by atoms with Crippen LogP contribution in [0, 0.1) is 23.6 Å². The lowest BCUT2D eigenvalue weighted by molar-refractivity contribution is 0.130. The van der Waals surface area contributed by atoms with Crippen molar-refractivity contribution in [2.24, 2.45) is 5.92 Å². The van der Waals surface area contributed by atoms with Gasteiger partial charge in [0, 0.05) is 5.56 Å². The molecule has 3 heteroatoms. The maximum atomic E-state index is 13.7. The molecule has 0 unspecified atom stereocenters. The summed E-state index contributed by atoms with van der Waals surface area (Å²) in [4.78, 5) is 0.